The maximum Gasteiger partial charge on any atom is 0.269 e. The van der Waals surface area contributed by atoms with E-state index >= 15 is 0 Å². The molecule has 1 N–H and O–H groups in total. The number of para-hydroxylation sites is 2. The van der Waals surface area contributed by atoms with E-state index in [0.29, 0.717) is 11.0 Å². The minimum absolute atomic E-state index is 0.0156. The van der Waals surface area contributed by atoms with Crippen LogP contribution in [0, 0.1) is 5.82 Å². The van der Waals surface area contributed by atoms with Crippen molar-refractivity contribution in [1.82, 2.24) is 14.9 Å². The molecule has 1 heterocycles. The summed E-state index contributed by atoms with van der Waals surface area (Å²) in [6.45, 7) is -0.0613. The van der Waals surface area contributed by atoms with Crippen molar-refractivity contribution in [2.75, 3.05) is 0 Å². The summed E-state index contributed by atoms with van der Waals surface area (Å²) in [6, 6.07) is 13.6. The second-order valence-electron chi connectivity index (χ2n) is 6.24. The number of rotatable bonds is 4. The van der Waals surface area contributed by atoms with Gasteiger partial charge in [-0.25, -0.2) is 9.37 Å². The predicted octanol–water partition coefficient (Wildman–Crippen LogP) is 2.21. The fourth-order valence-electron chi connectivity index (χ4n) is 3.13. The lowest BCUT2D eigenvalue weighted by molar-refractivity contribution is -0.121. The maximum absolute atomic E-state index is 13.3. The maximum atomic E-state index is 13.3. The Hall–Kier alpha value is -3.02. The van der Waals surface area contributed by atoms with Gasteiger partial charge in [0.1, 0.15) is 12.4 Å². The van der Waals surface area contributed by atoms with Crippen LogP contribution in [-0.4, -0.2) is 21.5 Å². The third-order valence-electron chi connectivity index (χ3n) is 4.47. The molecule has 1 amide bonds. The van der Waals surface area contributed by atoms with E-state index in [1.54, 1.807) is 24.3 Å². The fraction of sp³-hybridized carbons (Fsp3) is 0.211. The largest absolute Gasteiger partial charge is 0.351 e. The summed E-state index contributed by atoms with van der Waals surface area (Å²) in [7, 11) is 0. The molecule has 0 bridgehead atoms. The molecule has 1 fully saturated rings. The highest BCUT2D eigenvalue weighted by atomic mass is 19.1. The van der Waals surface area contributed by atoms with Gasteiger partial charge in [-0.1, -0.05) is 24.3 Å². The van der Waals surface area contributed by atoms with Gasteiger partial charge < -0.3 is 5.32 Å². The first-order valence-corrected chi connectivity index (χ1v) is 8.11. The predicted molar refractivity (Wildman–Crippen MR) is 91.7 cm³/mol. The standard InChI is InChI=1S/C19H16FN3O2/c20-13-5-3-4-12(8-13)14-9-16(14)22-18(24)11-23-17-7-2-1-6-15(17)21-10-19(23)25/h1-8,10,14,16H,9,11H2,(H,22,24)/t14-,16-/m1/s1. The van der Waals surface area contributed by atoms with Crippen molar-refractivity contribution >= 4 is 16.9 Å². The van der Waals surface area contributed by atoms with Crippen molar-refractivity contribution < 1.29 is 9.18 Å². The molecule has 0 aliphatic heterocycles. The molecule has 0 spiro atoms. The SMILES string of the molecule is O=C(Cn1c(=O)cnc2ccccc21)N[C@@H]1C[C@@H]1c1cccc(F)c1. The van der Waals surface area contributed by atoms with Gasteiger partial charge in [-0.05, 0) is 36.2 Å². The number of benzene rings is 2. The summed E-state index contributed by atoms with van der Waals surface area (Å²) in [5, 5.41) is 2.92. The minimum atomic E-state index is -0.314. The van der Waals surface area contributed by atoms with E-state index in [1.807, 2.05) is 12.1 Å². The molecule has 0 unspecified atom stereocenters. The van der Waals surface area contributed by atoms with Crippen molar-refractivity contribution in [3.05, 3.63) is 76.5 Å². The quantitative estimate of drug-likeness (QED) is 0.794. The molecule has 126 valence electrons. The Kier molecular flexibility index (Phi) is 3.80. The van der Waals surface area contributed by atoms with Gasteiger partial charge in [0.05, 0.1) is 17.2 Å². The Morgan fingerprint density at radius 2 is 2.08 bits per heavy atom. The first kappa shape index (κ1) is 15.5. The van der Waals surface area contributed by atoms with Crippen molar-refractivity contribution in [2.24, 2.45) is 0 Å². The fourth-order valence-corrected chi connectivity index (χ4v) is 3.13. The summed E-state index contributed by atoms with van der Waals surface area (Å²) in [4.78, 5) is 28.5. The van der Waals surface area contributed by atoms with Crippen LogP contribution in [0.1, 0.15) is 17.9 Å². The molecule has 25 heavy (non-hydrogen) atoms. The normalized spacial score (nSPS) is 18.9. The van der Waals surface area contributed by atoms with Crippen molar-refractivity contribution in [1.29, 1.82) is 0 Å². The summed E-state index contributed by atoms with van der Waals surface area (Å²) in [6.07, 6.45) is 2.00. The Balaban J connectivity index is 1.47. The third-order valence-corrected chi connectivity index (χ3v) is 4.47. The molecule has 3 aromatic rings. The third kappa shape index (κ3) is 3.15. The Morgan fingerprint density at radius 1 is 1.24 bits per heavy atom. The number of carbonyl (C=O) groups is 1. The molecule has 2 aromatic carbocycles. The first-order valence-electron chi connectivity index (χ1n) is 8.11. The van der Waals surface area contributed by atoms with Crippen LogP contribution in [0.15, 0.2) is 59.5 Å². The second-order valence-corrected chi connectivity index (χ2v) is 6.24. The molecule has 2 atom stereocenters. The van der Waals surface area contributed by atoms with Crippen LogP contribution >= 0.6 is 0 Å². The Bertz CT molecular complexity index is 1010. The van der Waals surface area contributed by atoms with Crippen molar-refractivity contribution in [3.63, 3.8) is 0 Å². The number of hydrogen-bond donors (Lipinski definition) is 1. The molecule has 0 radical (unpaired) electrons. The Morgan fingerprint density at radius 3 is 2.92 bits per heavy atom. The van der Waals surface area contributed by atoms with Crippen molar-refractivity contribution in [3.8, 4) is 0 Å². The van der Waals surface area contributed by atoms with E-state index in [0.717, 1.165) is 12.0 Å². The summed E-state index contributed by atoms with van der Waals surface area (Å²) >= 11 is 0. The highest BCUT2D eigenvalue weighted by Gasteiger charge is 2.39. The molecule has 1 aliphatic carbocycles. The molecule has 1 saturated carbocycles. The smallest absolute Gasteiger partial charge is 0.269 e. The lowest BCUT2D eigenvalue weighted by Crippen LogP contribution is -2.34. The van der Waals surface area contributed by atoms with E-state index in [1.165, 1.54) is 22.9 Å². The van der Waals surface area contributed by atoms with Crippen LogP contribution in [0.3, 0.4) is 0 Å². The van der Waals surface area contributed by atoms with E-state index < -0.39 is 0 Å². The molecule has 0 saturated heterocycles. The van der Waals surface area contributed by atoms with Crippen LogP contribution < -0.4 is 10.9 Å². The lowest BCUT2D eigenvalue weighted by atomic mass is 10.1. The Labute approximate surface area is 143 Å². The van der Waals surface area contributed by atoms with Gasteiger partial charge in [-0.2, -0.15) is 0 Å². The van der Waals surface area contributed by atoms with Gasteiger partial charge in [-0.15, -0.1) is 0 Å². The number of aromatic nitrogens is 2. The average Bonchev–Trinajstić information content (AvgIpc) is 3.36. The van der Waals surface area contributed by atoms with Crippen LogP contribution in [0.4, 0.5) is 4.39 Å². The zero-order valence-corrected chi connectivity index (χ0v) is 13.4. The number of halogens is 1. The second kappa shape index (κ2) is 6.12. The van der Waals surface area contributed by atoms with Crippen molar-refractivity contribution in [2.45, 2.75) is 24.9 Å². The van der Waals surface area contributed by atoms with Gasteiger partial charge >= 0.3 is 0 Å². The molecule has 4 rings (SSSR count). The van der Waals surface area contributed by atoms with Crippen LogP contribution in [0.25, 0.3) is 11.0 Å². The highest BCUT2D eigenvalue weighted by Crippen LogP contribution is 2.40. The number of nitrogens with one attached hydrogen (secondary N) is 1. The zero-order valence-electron chi connectivity index (χ0n) is 13.4. The molecule has 1 aromatic heterocycles. The van der Waals surface area contributed by atoms with E-state index in [4.69, 9.17) is 0 Å². The van der Waals surface area contributed by atoms with E-state index in [-0.39, 0.29) is 35.8 Å². The lowest BCUT2D eigenvalue weighted by Gasteiger charge is -2.10. The first-order chi connectivity index (χ1) is 12.1. The van der Waals surface area contributed by atoms with Gasteiger partial charge in [0, 0.05) is 12.0 Å². The minimum Gasteiger partial charge on any atom is -0.351 e. The highest BCUT2D eigenvalue weighted by molar-refractivity contribution is 5.80. The number of fused-ring (bicyclic) bond motifs is 1. The molecular formula is C19H16FN3O2. The zero-order chi connectivity index (χ0) is 17.4. The number of nitrogens with zero attached hydrogens (tertiary/aromatic N) is 2. The molecule has 6 heteroatoms. The van der Waals surface area contributed by atoms with Gasteiger partial charge in [0.25, 0.3) is 5.56 Å². The van der Waals surface area contributed by atoms with Crippen LogP contribution in [0.2, 0.25) is 0 Å². The molecule has 1 aliphatic rings. The van der Waals surface area contributed by atoms with E-state index in [9.17, 15) is 14.0 Å². The number of amides is 1. The van der Waals surface area contributed by atoms with E-state index in [2.05, 4.69) is 10.3 Å². The summed E-state index contributed by atoms with van der Waals surface area (Å²) in [5.41, 5.74) is 1.87. The van der Waals surface area contributed by atoms with Gasteiger partial charge in [0.15, 0.2) is 0 Å². The number of hydrogen-bond acceptors (Lipinski definition) is 3. The summed E-state index contributed by atoms with van der Waals surface area (Å²) in [5.74, 6) is -0.378. The van der Waals surface area contributed by atoms with Crippen LogP contribution in [0.5, 0.6) is 0 Å². The van der Waals surface area contributed by atoms with Gasteiger partial charge in [-0.3, -0.25) is 14.2 Å². The molecule has 5 nitrogen and oxygen atoms in total. The topological polar surface area (TPSA) is 64.0 Å². The number of carbonyl (C=O) groups excluding carboxylic acids is 1. The average molecular weight is 337 g/mol. The molecular weight excluding hydrogens is 321 g/mol. The summed E-state index contributed by atoms with van der Waals surface area (Å²) < 4.78 is 14.7. The van der Waals surface area contributed by atoms with Crippen LogP contribution in [-0.2, 0) is 11.3 Å². The monoisotopic (exact) mass is 337 g/mol. The van der Waals surface area contributed by atoms with Gasteiger partial charge in [0.2, 0.25) is 5.91 Å².